The number of halogens is 1. The van der Waals surface area contributed by atoms with Crippen LogP contribution in [0.1, 0.15) is 16.6 Å². The Bertz CT molecular complexity index is 1390. The summed E-state index contributed by atoms with van der Waals surface area (Å²) >= 11 is 0. The first kappa shape index (κ1) is 22.6. The lowest BCUT2D eigenvalue weighted by molar-refractivity contribution is -0.0556. The first-order valence-corrected chi connectivity index (χ1v) is 10.6. The third-order valence-electron chi connectivity index (χ3n) is 4.94. The van der Waals surface area contributed by atoms with Gasteiger partial charge in [-0.05, 0) is 24.3 Å². The molecule has 0 radical (unpaired) electrons. The molecule has 14 nitrogen and oxygen atoms in total. The molecule has 1 fully saturated rings. The predicted molar refractivity (Wildman–Crippen MR) is 108 cm³/mol. The van der Waals surface area contributed by atoms with Crippen LogP contribution in [0.3, 0.4) is 0 Å². The molecule has 4 atom stereocenters. The fourth-order valence-electron chi connectivity index (χ4n) is 3.34. The van der Waals surface area contributed by atoms with Crippen molar-refractivity contribution in [3.05, 3.63) is 40.2 Å². The topological polar surface area (TPSA) is 226 Å². The molecule has 3 heterocycles. The second-order valence-electron chi connectivity index (χ2n) is 7.07. The van der Waals surface area contributed by atoms with Crippen molar-refractivity contribution >= 4 is 39.3 Å². The molecule has 16 heteroatoms. The number of hydrogen-bond acceptors (Lipinski definition) is 12. The number of nitrogens with one attached hydrogen (secondary N) is 1. The van der Waals surface area contributed by atoms with Crippen molar-refractivity contribution < 1.29 is 36.8 Å². The zero-order chi connectivity index (χ0) is 24.1. The highest BCUT2D eigenvalue weighted by Crippen LogP contribution is 2.33. The van der Waals surface area contributed by atoms with E-state index in [-0.39, 0.29) is 28.6 Å². The maximum Gasteiger partial charge on any atom is 0.338 e. The van der Waals surface area contributed by atoms with E-state index < -0.39 is 57.8 Å². The molecule has 1 aromatic carbocycles. The highest BCUT2D eigenvalue weighted by atomic mass is 32.3. The summed E-state index contributed by atoms with van der Waals surface area (Å²) in [6.07, 6.45) is -5.64. The number of imidazole rings is 1. The number of aromatic nitrogens is 4. The van der Waals surface area contributed by atoms with Gasteiger partial charge in [-0.25, -0.2) is 9.78 Å². The van der Waals surface area contributed by atoms with Gasteiger partial charge in [-0.2, -0.15) is 13.4 Å². The number of benzene rings is 1. The summed E-state index contributed by atoms with van der Waals surface area (Å²) in [5.41, 5.74) is 10.4. The van der Waals surface area contributed by atoms with E-state index in [9.17, 15) is 32.1 Å². The molecule has 0 saturated carbocycles. The molecule has 0 aliphatic carbocycles. The summed E-state index contributed by atoms with van der Waals surface area (Å²) in [6.45, 7) is -0.514. The summed E-state index contributed by atoms with van der Waals surface area (Å²) in [5, 5.41) is 20.8. The standard InChI is InChI=1S/C17H17FN6O8S/c18-33(29,30)7-3-1-6(2-4-7)15(28)31-5-8-10(25)11(26)14(32-8)24-12-9(21-17(24)20)13(27)23-16(19)22-12/h1-4,8,10-11,14,25-26H,5H2,(H2,20,21)(H3,19,22,23,27)/t8-,10-,11-,14?/m1/s1. The van der Waals surface area contributed by atoms with Gasteiger partial charge < -0.3 is 31.2 Å². The zero-order valence-corrected chi connectivity index (χ0v) is 17.3. The summed E-state index contributed by atoms with van der Waals surface area (Å²) in [7, 11) is -4.92. The Morgan fingerprint density at radius 1 is 1.21 bits per heavy atom. The predicted octanol–water partition coefficient (Wildman–Crippen LogP) is -1.58. The van der Waals surface area contributed by atoms with E-state index in [0.29, 0.717) is 0 Å². The summed E-state index contributed by atoms with van der Waals surface area (Å²) < 4.78 is 46.4. The SMILES string of the molecule is Nc1nc2c(nc(N)n2C2O[C@H](COC(=O)c3ccc(S(=O)(=O)F)cc3)[C@@H](O)[C@H]2O)c(=O)[nH]1. The van der Waals surface area contributed by atoms with Crippen LogP contribution in [0, 0.1) is 0 Å². The lowest BCUT2D eigenvalue weighted by Gasteiger charge is -2.17. The number of aliphatic hydroxyl groups is 2. The van der Waals surface area contributed by atoms with Crippen molar-refractivity contribution in [1.82, 2.24) is 19.5 Å². The molecule has 33 heavy (non-hydrogen) atoms. The van der Waals surface area contributed by atoms with Crippen molar-refractivity contribution in [2.45, 2.75) is 29.4 Å². The highest BCUT2D eigenvalue weighted by molar-refractivity contribution is 7.86. The van der Waals surface area contributed by atoms with E-state index in [1.54, 1.807) is 0 Å². The molecule has 1 saturated heterocycles. The Morgan fingerprint density at radius 2 is 1.88 bits per heavy atom. The second-order valence-corrected chi connectivity index (χ2v) is 8.42. The number of rotatable bonds is 5. The number of esters is 1. The Morgan fingerprint density at radius 3 is 2.52 bits per heavy atom. The number of nitrogens with two attached hydrogens (primary N) is 2. The number of carbonyl (C=O) groups is 1. The van der Waals surface area contributed by atoms with Crippen LogP contribution in [0.15, 0.2) is 34.0 Å². The zero-order valence-electron chi connectivity index (χ0n) is 16.5. The van der Waals surface area contributed by atoms with Crippen LogP contribution in [0.2, 0.25) is 0 Å². The monoisotopic (exact) mass is 484 g/mol. The lowest BCUT2D eigenvalue weighted by atomic mass is 10.1. The van der Waals surface area contributed by atoms with E-state index in [1.165, 1.54) is 0 Å². The molecule has 0 spiro atoms. The highest BCUT2D eigenvalue weighted by Gasteiger charge is 2.45. The lowest BCUT2D eigenvalue weighted by Crippen LogP contribution is -2.34. The maximum absolute atomic E-state index is 13.0. The average molecular weight is 484 g/mol. The number of carbonyl (C=O) groups excluding carboxylic acids is 1. The average Bonchev–Trinajstić information content (AvgIpc) is 3.22. The number of hydrogen-bond donors (Lipinski definition) is 5. The summed E-state index contributed by atoms with van der Waals surface area (Å²) in [6, 6.07) is 3.87. The molecule has 0 amide bonds. The third kappa shape index (κ3) is 4.11. The van der Waals surface area contributed by atoms with Crippen LogP contribution >= 0.6 is 0 Å². The number of anilines is 2. The van der Waals surface area contributed by atoms with E-state index in [1.807, 2.05) is 0 Å². The molecule has 1 unspecified atom stereocenters. The van der Waals surface area contributed by atoms with E-state index in [2.05, 4.69) is 15.0 Å². The fourth-order valence-corrected chi connectivity index (χ4v) is 3.80. The first-order chi connectivity index (χ1) is 15.5. The number of nitrogen functional groups attached to an aromatic ring is 2. The van der Waals surface area contributed by atoms with Crippen molar-refractivity contribution in [2.24, 2.45) is 0 Å². The van der Waals surface area contributed by atoms with Crippen LogP contribution in [0.5, 0.6) is 0 Å². The summed E-state index contributed by atoms with van der Waals surface area (Å²) in [4.78, 5) is 33.6. The Balaban J connectivity index is 1.51. The van der Waals surface area contributed by atoms with Gasteiger partial charge in [0.2, 0.25) is 11.9 Å². The van der Waals surface area contributed by atoms with Crippen molar-refractivity contribution in [3.8, 4) is 0 Å². The van der Waals surface area contributed by atoms with Crippen LogP contribution < -0.4 is 17.0 Å². The Kier molecular flexibility index (Phi) is 5.52. The molecular weight excluding hydrogens is 467 g/mol. The molecule has 1 aliphatic rings. The number of fused-ring (bicyclic) bond motifs is 1. The number of nitrogens with zero attached hydrogens (tertiary/aromatic N) is 3. The van der Waals surface area contributed by atoms with Gasteiger partial charge in [0, 0.05) is 0 Å². The summed E-state index contributed by atoms with van der Waals surface area (Å²) in [5.74, 6) is -1.40. The minimum absolute atomic E-state index is 0.0873. The van der Waals surface area contributed by atoms with Gasteiger partial charge in [0.1, 0.15) is 24.9 Å². The number of H-pyrrole nitrogens is 1. The second kappa shape index (κ2) is 8.07. The molecule has 7 N–H and O–H groups in total. The maximum atomic E-state index is 13.0. The fraction of sp³-hybridized carbons (Fsp3) is 0.294. The molecule has 0 bridgehead atoms. The van der Waals surface area contributed by atoms with Gasteiger partial charge >= 0.3 is 16.2 Å². The third-order valence-corrected chi connectivity index (χ3v) is 5.77. The normalized spacial score (nSPS) is 23.1. The van der Waals surface area contributed by atoms with Gasteiger partial charge in [0.05, 0.1) is 10.5 Å². The van der Waals surface area contributed by atoms with E-state index in [4.69, 9.17) is 20.9 Å². The molecule has 2 aromatic heterocycles. The van der Waals surface area contributed by atoms with Crippen LogP contribution in [-0.2, 0) is 19.7 Å². The molecule has 1 aliphatic heterocycles. The van der Waals surface area contributed by atoms with Crippen LogP contribution in [0.4, 0.5) is 15.8 Å². The van der Waals surface area contributed by atoms with Gasteiger partial charge in [-0.15, -0.1) is 3.89 Å². The Labute approximate surface area is 183 Å². The van der Waals surface area contributed by atoms with Crippen LogP contribution in [0.25, 0.3) is 11.2 Å². The number of aromatic amines is 1. The van der Waals surface area contributed by atoms with Crippen molar-refractivity contribution in [2.75, 3.05) is 18.1 Å². The van der Waals surface area contributed by atoms with Crippen LogP contribution in [-0.4, -0.2) is 69.0 Å². The molecule has 176 valence electrons. The van der Waals surface area contributed by atoms with E-state index >= 15 is 0 Å². The Hall–Kier alpha value is -3.60. The van der Waals surface area contributed by atoms with E-state index in [0.717, 1.165) is 28.8 Å². The van der Waals surface area contributed by atoms with Crippen molar-refractivity contribution in [1.29, 1.82) is 0 Å². The van der Waals surface area contributed by atoms with Gasteiger partial charge in [0.15, 0.2) is 17.4 Å². The molecular formula is C17H17FN6O8S. The van der Waals surface area contributed by atoms with Gasteiger partial charge in [0.25, 0.3) is 5.56 Å². The molecule has 4 rings (SSSR count). The largest absolute Gasteiger partial charge is 0.459 e. The molecule has 3 aromatic rings. The quantitative estimate of drug-likeness (QED) is 0.204. The van der Waals surface area contributed by atoms with Gasteiger partial charge in [-0.3, -0.25) is 14.3 Å². The van der Waals surface area contributed by atoms with Crippen molar-refractivity contribution in [3.63, 3.8) is 0 Å². The van der Waals surface area contributed by atoms with Gasteiger partial charge in [-0.1, -0.05) is 0 Å². The number of aliphatic hydroxyl groups excluding tert-OH is 2. The minimum atomic E-state index is -4.92. The smallest absolute Gasteiger partial charge is 0.338 e. The minimum Gasteiger partial charge on any atom is -0.459 e. The number of ether oxygens (including phenoxy) is 2. The first-order valence-electron chi connectivity index (χ1n) is 9.24.